The van der Waals surface area contributed by atoms with Crippen LogP contribution < -0.4 is 4.72 Å². The molecule has 0 aromatic carbocycles. The third-order valence-corrected chi connectivity index (χ3v) is 5.67. The van der Waals surface area contributed by atoms with Crippen molar-refractivity contribution in [2.75, 3.05) is 17.9 Å². The van der Waals surface area contributed by atoms with Crippen LogP contribution in [0.15, 0.2) is 0 Å². The predicted molar refractivity (Wildman–Crippen MR) is 67.2 cm³/mol. The lowest BCUT2D eigenvalue weighted by Gasteiger charge is -2.30. The van der Waals surface area contributed by atoms with Crippen LogP contribution in [0.5, 0.6) is 0 Å². The topological polar surface area (TPSA) is 46.2 Å². The van der Waals surface area contributed by atoms with Crippen LogP contribution in [-0.4, -0.2) is 37.6 Å². The van der Waals surface area contributed by atoms with E-state index in [-0.39, 0.29) is 17.7 Å². The zero-order valence-corrected chi connectivity index (χ0v) is 11.3. The first kappa shape index (κ1) is 13.6. The molecule has 0 bridgehead atoms. The van der Waals surface area contributed by atoms with Crippen molar-refractivity contribution in [2.45, 2.75) is 37.0 Å². The first-order chi connectivity index (χ1) is 7.09. The Balaban J connectivity index is 2.54. The van der Waals surface area contributed by atoms with Crippen molar-refractivity contribution in [2.24, 2.45) is 0 Å². The highest BCUT2D eigenvalue weighted by atomic mass is 35.5. The summed E-state index contributed by atoms with van der Waals surface area (Å²) in [6.07, 6.45) is 6.42. The summed E-state index contributed by atoms with van der Waals surface area (Å²) in [6, 6.07) is 0.0990. The van der Waals surface area contributed by atoms with Crippen LogP contribution in [0, 0.1) is 0 Å². The average molecular weight is 272 g/mol. The van der Waals surface area contributed by atoms with Crippen LogP contribution in [0.3, 0.4) is 0 Å². The molecule has 1 rings (SSSR count). The van der Waals surface area contributed by atoms with Crippen molar-refractivity contribution in [1.82, 2.24) is 4.72 Å². The van der Waals surface area contributed by atoms with Gasteiger partial charge in [-0.25, -0.2) is 13.1 Å². The lowest BCUT2D eigenvalue weighted by molar-refractivity contribution is 0.423. The Hall–Kier alpha value is 0.550. The van der Waals surface area contributed by atoms with Gasteiger partial charge in [0.15, 0.2) is 0 Å². The number of nitrogens with one attached hydrogen (secondary N) is 1. The summed E-state index contributed by atoms with van der Waals surface area (Å²) in [6.45, 7) is 0. The Labute approximate surface area is 101 Å². The molecule has 2 atom stereocenters. The summed E-state index contributed by atoms with van der Waals surface area (Å²) >= 11 is 7.20. The zero-order valence-electron chi connectivity index (χ0n) is 8.91. The monoisotopic (exact) mass is 271 g/mol. The summed E-state index contributed by atoms with van der Waals surface area (Å²) in [7, 11) is -3.17. The quantitative estimate of drug-likeness (QED) is 0.776. The lowest BCUT2D eigenvalue weighted by Crippen LogP contribution is -2.44. The largest absolute Gasteiger partial charge is 0.213 e. The van der Waals surface area contributed by atoms with E-state index in [2.05, 4.69) is 4.72 Å². The second-order valence-electron chi connectivity index (χ2n) is 3.79. The fourth-order valence-electron chi connectivity index (χ4n) is 1.90. The van der Waals surface area contributed by atoms with Crippen molar-refractivity contribution in [3.63, 3.8) is 0 Å². The Morgan fingerprint density at radius 3 is 2.67 bits per heavy atom. The van der Waals surface area contributed by atoms with Gasteiger partial charge >= 0.3 is 0 Å². The van der Waals surface area contributed by atoms with Crippen molar-refractivity contribution in [1.29, 1.82) is 0 Å². The molecule has 1 aliphatic carbocycles. The molecule has 0 aromatic rings. The van der Waals surface area contributed by atoms with E-state index < -0.39 is 10.0 Å². The maximum absolute atomic E-state index is 11.6. The first-order valence-electron chi connectivity index (χ1n) is 5.18. The summed E-state index contributed by atoms with van der Waals surface area (Å²) in [5.74, 6) is 0.179. The second-order valence-corrected chi connectivity index (χ2v) is 7.12. The molecule has 1 fully saturated rings. The fourth-order valence-corrected chi connectivity index (χ4v) is 4.60. The maximum Gasteiger partial charge on any atom is 0.213 e. The molecule has 6 heteroatoms. The molecule has 3 nitrogen and oxygen atoms in total. The highest BCUT2D eigenvalue weighted by Gasteiger charge is 2.27. The van der Waals surface area contributed by atoms with E-state index in [9.17, 15) is 8.42 Å². The molecule has 15 heavy (non-hydrogen) atoms. The SMILES string of the molecule is CSC1CCCCC1NS(=O)(=O)CCCl. The lowest BCUT2D eigenvalue weighted by atomic mass is 9.96. The Bertz CT molecular complexity index is 282. The van der Waals surface area contributed by atoms with Crippen molar-refractivity contribution >= 4 is 33.4 Å². The molecule has 0 saturated heterocycles. The highest BCUT2D eigenvalue weighted by molar-refractivity contribution is 7.99. The predicted octanol–water partition coefficient (Wildman–Crippen LogP) is 1.82. The number of hydrogen-bond donors (Lipinski definition) is 1. The minimum atomic E-state index is -3.17. The van der Waals surface area contributed by atoms with E-state index in [0.717, 1.165) is 19.3 Å². The van der Waals surface area contributed by atoms with Gasteiger partial charge in [0.05, 0.1) is 5.75 Å². The normalized spacial score (nSPS) is 27.9. The van der Waals surface area contributed by atoms with E-state index in [0.29, 0.717) is 5.25 Å². The smallest absolute Gasteiger partial charge is 0.212 e. The van der Waals surface area contributed by atoms with Gasteiger partial charge in [0.25, 0.3) is 0 Å². The van der Waals surface area contributed by atoms with Crippen LogP contribution >= 0.6 is 23.4 Å². The number of rotatable bonds is 5. The number of sulfonamides is 1. The second kappa shape index (κ2) is 6.33. The molecule has 1 saturated carbocycles. The van der Waals surface area contributed by atoms with Gasteiger partial charge in [-0.1, -0.05) is 12.8 Å². The van der Waals surface area contributed by atoms with Crippen LogP contribution in [0.1, 0.15) is 25.7 Å². The number of alkyl halides is 1. The third-order valence-electron chi connectivity index (χ3n) is 2.68. The zero-order chi connectivity index (χ0) is 11.3. The third kappa shape index (κ3) is 4.51. The van der Waals surface area contributed by atoms with Gasteiger partial charge < -0.3 is 0 Å². The minimum Gasteiger partial charge on any atom is -0.212 e. The number of hydrogen-bond acceptors (Lipinski definition) is 3. The van der Waals surface area contributed by atoms with Gasteiger partial charge in [-0.15, -0.1) is 11.6 Å². The van der Waals surface area contributed by atoms with E-state index in [1.807, 2.05) is 6.26 Å². The summed E-state index contributed by atoms with van der Waals surface area (Å²) in [4.78, 5) is 0. The summed E-state index contributed by atoms with van der Waals surface area (Å²) in [5, 5.41) is 0.420. The van der Waals surface area contributed by atoms with Crippen molar-refractivity contribution in [3.8, 4) is 0 Å². The molecule has 1 N–H and O–H groups in total. The highest BCUT2D eigenvalue weighted by Crippen LogP contribution is 2.27. The van der Waals surface area contributed by atoms with Gasteiger partial charge in [-0.05, 0) is 19.1 Å². The Morgan fingerprint density at radius 2 is 2.07 bits per heavy atom. The van der Waals surface area contributed by atoms with E-state index in [4.69, 9.17) is 11.6 Å². The van der Waals surface area contributed by atoms with Crippen LogP contribution in [0.4, 0.5) is 0 Å². The number of halogens is 1. The standard InChI is InChI=1S/C9H18ClNO2S2/c1-14-9-5-3-2-4-8(9)11-15(12,13)7-6-10/h8-9,11H,2-7H2,1H3. The van der Waals surface area contributed by atoms with Crippen LogP contribution in [0.2, 0.25) is 0 Å². The minimum absolute atomic E-state index is 0.0200. The van der Waals surface area contributed by atoms with Crippen LogP contribution in [-0.2, 0) is 10.0 Å². The van der Waals surface area contributed by atoms with Gasteiger partial charge in [-0.2, -0.15) is 11.8 Å². The summed E-state index contributed by atoms with van der Waals surface area (Å²) < 4.78 is 25.9. The van der Waals surface area contributed by atoms with Gasteiger partial charge in [0.2, 0.25) is 10.0 Å². The molecule has 2 unspecified atom stereocenters. The molecule has 0 heterocycles. The molecule has 0 radical (unpaired) electrons. The number of thioether (sulfide) groups is 1. The molecule has 1 aliphatic rings. The van der Waals surface area contributed by atoms with Gasteiger partial charge in [0, 0.05) is 17.2 Å². The Morgan fingerprint density at radius 1 is 1.40 bits per heavy atom. The van der Waals surface area contributed by atoms with Gasteiger partial charge in [-0.3, -0.25) is 0 Å². The van der Waals surface area contributed by atoms with Gasteiger partial charge in [0.1, 0.15) is 0 Å². The first-order valence-corrected chi connectivity index (χ1v) is 8.65. The summed E-state index contributed by atoms with van der Waals surface area (Å²) in [5.41, 5.74) is 0. The van der Waals surface area contributed by atoms with E-state index in [1.165, 1.54) is 6.42 Å². The van der Waals surface area contributed by atoms with Crippen molar-refractivity contribution < 1.29 is 8.42 Å². The average Bonchev–Trinajstić information content (AvgIpc) is 2.17. The van der Waals surface area contributed by atoms with Crippen LogP contribution in [0.25, 0.3) is 0 Å². The maximum atomic E-state index is 11.6. The molecule has 0 amide bonds. The fraction of sp³-hybridized carbons (Fsp3) is 1.00. The van der Waals surface area contributed by atoms with Crippen molar-refractivity contribution in [3.05, 3.63) is 0 Å². The molecule has 90 valence electrons. The molecular weight excluding hydrogens is 254 g/mol. The molecular formula is C9H18ClNO2S2. The molecule has 0 aliphatic heterocycles. The van der Waals surface area contributed by atoms with E-state index >= 15 is 0 Å². The molecule has 0 spiro atoms. The Kier molecular flexibility index (Phi) is 5.74. The molecule has 0 aromatic heterocycles. The van der Waals surface area contributed by atoms with E-state index in [1.54, 1.807) is 11.8 Å².